The number of fused-ring (bicyclic) bond motifs is 1. The highest BCUT2D eigenvalue weighted by molar-refractivity contribution is 14.1. The lowest BCUT2D eigenvalue weighted by molar-refractivity contribution is 0.0697. The van der Waals surface area contributed by atoms with Gasteiger partial charge in [0.15, 0.2) is 5.75 Å². The van der Waals surface area contributed by atoms with E-state index >= 15 is 0 Å². The Labute approximate surface area is 138 Å². The van der Waals surface area contributed by atoms with Gasteiger partial charge in [-0.3, -0.25) is 4.79 Å². The number of rotatable bonds is 3. The first-order valence-electron chi connectivity index (χ1n) is 6.38. The molecule has 0 saturated carbocycles. The van der Waals surface area contributed by atoms with Crippen molar-refractivity contribution >= 4 is 39.5 Å². The number of H-pyrrole nitrogens is 1. The topological polar surface area (TPSA) is 79.4 Å². The molecule has 5 nitrogen and oxygen atoms in total. The number of pyridine rings is 1. The minimum atomic E-state index is -1.03. The summed E-state index contributed by atoms with van der Waals surface area (Å²) in [4.78, 5) is 25.9. The molecule has 3 rings (SSSR count). The molecule has 2 N–H and O–H groups in total. The van der Waals surface area contributed by atoms with Crippen molar-refractivity contribution in [2.45, 2.75) is 0 Å². The Morgan fingerprint density at radius 2 is 1.86 bits per heavy atom. The second-order valence-electron chi connectivity index (χ2n) is 4.58. The number of benzene rings is 2. The predicted octanol–water partition coefficient (Wildman–Crippen LogP) is 3.62. The molecule has 0 aliphatic rings. The zero-order valence-corrected chi connectivity index (χ0v) is 13.3. The largest absolute Gasteiger partial charge is 0.478 e. The van der Waals surface area contributed by atoms with E-state index in [1.165, 1.54) is 12.1 Å². The van der Waals surface area contributed by atoms with Gasteiger partial charge in [-0.05, 0) is 52.9 Å². The van der Waals surface area contributed by atoms with Gasteiger partial charge in [0.05, 0.1) is 11.1 Å². The maximum Gasteiger partial charge on any atom is 0.335 e. The van der Waals surface area contributed by atoms with E-state index in [1.54, 1.807) is 18.2 Å². The van der Waals surface area contributed by atoms with Crippen molar-refractivity contribution in [2.24, 2.45) is 0 Å². The maximum atomic E-state index is 12.0. The van der Waals surface area contributed by atoms with Crippen LogP contribution >= 0.6 is 22.6 Å². The Kier molecular flexibility index (Phi) is 3.84. The van der Waals surface area contributed by atoms with E-state index in [-0.39, 0.29) is 11.1 Å². The van der Waals surface area contributed by atoms with Crippen molar-refractivity contribution < 1.29 is 14.6 Å². The highest BCUT2D eigenvalue weighted by atomic mass is 127. The monoisotopic (exact) mass is 407 g/mol. The van der Waals surface area contributed by atoms with Gasteiger partial charge in [0.25, 0.3) is 5.56 Å². The van der Waals surface area contributed by atoms with Crippen LogP contribution < -0.4 is 10.3 Å². The summed E-state index contributed by atoms with van der Waals surface area (Å²) in [5, 5.41) is 9.68. The number of hydrogen-bond acceptors (Lipinski definition) is 3. The van der Waals surface area contributed by atoms with Gasteiger partial charge in [-0.15, -0.1) is 0 Å². The molecule has 110 valence electrons. The van der Waals surface area contributed by atoms with Crippen molar-refractivity contribution in [2.75, 3.05) is 0 Å². The quantitative estimate of drug-likeness (QED) is 0.651. The lowest BCUT2D eigenvalue weighted by atomic mass is 10.1. The van der Waals surface area contributed by atoms with Gasteiger partial charge < -0.3 is 14.8 Å². The van der Waals surface area contributed by atoms with E-state index in [0.29, 0.717) is 26.0 Å². The second kappa shape index (κ2) is 5.80. The molecule has 0 saturated heterocycles. The SMILES string of the molecule is O=C(O)c1ccc2[nH]c(=O)c(I)c(Oc3ccccc3)c2c1. The number of halogens is 1. The third-order valence-electron chi connectivity index (χ3n) is 3.12. The average molecular weight is 407 g/mol. The number of aromatic nitrogens is 1. The minimum absolute atomic E-state index is 0.133. The third kappa shape index (κ3) is 2.69. The Morgan fingerprint density at radius 3 is 2.55 bits per heavy atom. The zero-order valence-electron chi connectivity index (χ0n) is 11.2. The molecule has 2 aromatic carbocycles. The average Bonchev–Trinajstić information content (AvgIpc) is 2.52. The van der Waals surface area contributed by atoms with E-state index < -0.39 is 5.97 Å². The highest BCUT2D eigenvalue weighted by Gasteiger charge is 2.15. The number of carboxylic acids is 1. The molecule has 6 heteroatoms. The van der Waals surface area contributed by atoms with Crippen molar-refractivity contribution in [3.05, 3.63) is 68.0 Å². The summed E-state index contributed by atoms with van der Waals surface area (Å²) in [7, 11) is 0. The maximum absolute atomic E-state index is 12.0. The molecule has 0 aliphatic heterocycles. The molecule has 1 heterocycles. The van der Waals surface area contributed by atoms with Gasteiger partial charge >= 0.3 is 5.97 Å². The molecule has 22 heavy (non-hydrogen) atoms. The lowest BCUT2D eigenvalue weighted by Gasteiger charge is -2.11. The van der Waals surface area contributed by atoms with Crippen LogP contribution in [0.2, 0.25) is 0 Å². The van der Waals surface area contributed by atoms with Crippen LogP contribution in [0.1, 0.15) is 10.4 Å². The van der Waals surface area contributed by atoms with Crippen LogP contribution in [0.3, 0.4) is 0 Å². The number of hydrogen-bond donors (Lipinski definition) is 2. The van der Waals surface area contributed by atoms with Crippen molar-refractivity contribution in [1.82, 2.24) is 4.98 Å². The minimum Gasteiger partial charge on any atom is -0.478 e. The molecule has 0 radical (unpaired) electrons. The van der Waals surface area contributed by atoms with Crippen LogP contribution in [-0.4, -0.2) is 16.1 Å². The fourth-order valence-electron chi connectivity index (χ4n) is 2.08. The van der Waals surface area contributed by atoms with E-state index in [2.05, 4.69) is 4.98 Å². The molecule has 3 aromatic rings. The molecule has 0 aliphatic carbocycles. The summed E-state index contributed by atoms with van der Waals surface area (Å²) < 4.78 is 6.19. The molecule has 0 amide bonds. The Morgan fingerprint density at radius 1 is 1.14 bits per heavy atom. The summed E-state index contributed by atoms with van der Waals surface area (Å²) in [6.07, 6.45) is 0. The van der Waals surface area contributed by atoms with Crippen molar-refractivity contribution in [1.29, 1.82) is 0 Å². The Bertz CT molecular complexity index is 919. The lowest BCUT2D eigenvalue weighted by Crippen LogP contribution is -2.11. The smallest absolute Gasteiger partial charge is 0.335 e. The molecular formula is C16H10INO4. The van der Waals surface area contributed by atoms with E-state index in [4.69, 9.17) is 9.84 Å². The van der Waals surface area contributed by atoms with Crippen LogP contribution in [0.25, 0.3) is 10.9 Å². The number of aromatic amines is 1. The number of nitrogens with one attached hydrogen (secondary N) is 1. The first-order valence-corrected chi connectivity index (χ1v) is 7.46. The van der Waals surface area contributed by atoms with Crippen molar-refractivity contribution in [3.63, 3.8) is 0 Å². The van der Waals surface area contributed by atoms with Gasteiger partial charge in [0.2, 0.25) is 0 Å². The molecule has 0 bridgehead atoms. The van der Waals surface area contributed by atoms with Gasteiger partial charge in [-0.25, -0.2) is 4.79 Å². The summed E-state index contributed by atoms with van der Waals surface area (Å²) in [5.74, 6) is -0.101. The standard InChI is InChI=1S/C16H10INO4/c17-13-14(22-10-4-2-1-3-5-10)11-8-9(16(20)21)6-7-12(11)18-15(13)19/h1-8H,(H,18,19)(H,20,21). The van der Waals surface area contributed by atoms with Gasteiger partial charge in [-0.2, -0.15) is 0 Å². The fraction of sp³-hybridized carbons (Fsp3) is 0. The van der Waals surface area contributed by atoms with Crippen LogP contribution in [0.15, 0.2) is 53.3 Å². The number of carbonyl (C=O) groups is 1. The molecular weight excluding hydrogens is 397 g/mol. The van der Waals surface area contributed by atoms with Crippen LogP contribution in [0, 0.1) is 3.57 Å². The summed E-state index contributed by atoms with van der Waals surface area (Å²) in [6.45, 7) is 0. The van der Waals surface area contributed by atoms with E-state index in [0.717, 1.165) is 0 Å². The van der Waals surface area contributed by atoms with Crippen LogP contribution in [0.4, 0.5) is 0 Å². The van der Waals surface area contributed by atoms with Gasteiger partial charge in [0.1, 0.15) is 9.32 Å². The third-order valence-corrected chi connectivity index (χ3v) is 4.10. The molecule has 0 unspecified atom stereocenters. The van der Waals surface area contributed by atoms with Crippen LogP contribution in [-0.2, 0) is 0 Å². The van der Waals surface area contributed by atoms with E-state index in [9.17, 15) is 9.59 Å². The van der Waals surface area contributed by atoms with Crippen LogP contribution in [0.5, 0.6) is 11.5 Å². The number of aromatic carboxylic acids is 1. The predicted molar refractivity (Wildman–Crippen MR) is 90.8 cm³/mol. The molecule has 0 spiro atoms. The first-order chi connectivity index (χ1) is 10.6. The molecule has 0 fully saturated rings. The van der Waals surface area contributed by atoms with E-state index in [1.807, 2.05) is 40.8 Å². The van der Waals surface area contributed by atoms with Gasteiger partial charge in [0, 0.05) is 5.39 Å². The molecule has 0 atom stereocenters. The number of para-hydroxylation sites is 1. The second-order valence-corrected chi connectivity index (χ2v) is 5.66. The zero-order chi connectivity index (χ0) is 15.7. The Balaban J connectivity index is 2.25. The number of ether oxygens (including phenoxy) is 1. The highest BCUT2D eigenvalue weighted by Crippen LogP contribution is 2.32. The first kappa shape index (κ1) is 14.6. The normalized spacial score (nSPS) is 10.6. The summed E-state index contributed by atoms with van der Waals surface area (Å²) in [5.41, 5.74) is 0.386. The van der Waals surface area contributed by atoms with Crippen molar-refractivity contribution in [3.8, 4) is 11.5 Å². The Hall–Kier alpha value is -2.35. The summed E-state index contributed by atoms with van der Waals surface area (Å²) >= 11 is 1.89. The number of carboxylic acid groups (broad SMARTS) is 1. The molecule has 1 aromatic heterocycles. The summed E-state index contributed by atoms with van der Waals surface area (Å²) in [6, 6.07) is 13.5. The van der Waals surface area contributed by atoms with Gasteiger partial charge in [-0.1, -0.05) is 18.2 Å². The fourth-order valence-corrected chi connectivity index (χ4v) is 2.61.